The lowest BCUT2D eigenvalue weighted by molar-refractivity contribution is -0.00229. The van der Waals surface area contributed by atoms with Crippen molar-refractivity contribution in [2.24, 2.45) is 9.81 Å². The molecule has 5 nitrogen and oxygen atoms in total. The fraction of sp³-hybridized carbons (Fsp3) is 0.667. The maximum Gasteiger partial charge on any atom is 0.410 e. The van der Waals surface area contributed by atoms with Crippen molar-refractivity contribution in [3.05, 3.63) is 35.1 Å². The summed E-state index contributed by atoms with van der Waals surface area (Å²) in [6.07, 6.45) is 3.74. The van der Waals surface area contributed by atoms with E-state index in [1.54, 1.807) is 12.1 Å². The molecule has 1 unspecified atom stereocenters. The summed E-state index contributed by atoms with van der Waals surface area (Å²) in [4.78, 5) is 14.8. The Kier molecular flexibility index (Phi) is 5.45. The number of nitrogens with zero attached hydrogens (tertiary/aromatic N) is 2. The standard InChI is InChI=1S/C24H33FN2O3S/c1-22(2,3)30-21(28)27-17-8-9-18(27)14-24(13-17)12-15-11-16(25)7-10-19(15)20(24)26-31(29)23(4,5)6/h7,10-11,17-18H,8-9,12-14H2,1-6H3/b26-20-/t17-,18+,24?,31-/m1/s1. The largest absolute Gasteiger partial charge is 0.591 e. The first-order valence-corrected chi connectivity index (χ1v) is 12.2. The topological polar surface area (TPSA) is 65.0 Å². The molecule has 31 heavy (non-hydrogen) atoms. The first-order valence-electron chi connectivity index (χ1n) is 11.1. The fourth-order valence-electron chi connectivity index (χ4n) is 5.34. The molecule has 4 rings (SSSR count). The van der Waals surface area contributed by atoms with Crippen molar-refractivity contribution in [1.29, 1.82) is 0 Å². The van der Waals surface area contributed by atoms with Gasteiger partial charge in [0.25, 0.3) is 0 Å². The smallest absolute Gasteiger partial charge is 0.410 e. The monoisotopic (exact) mass is 448 g/mol. The Morgan fingerprint density at radius 2 is 1.81 bits per heavy atom. The fourth-order valence-corrected chi connectivity index (χ4v) is 6.07. The minimum absolute atomic E-state index is 0.0565. The molecule has 0 radical (unpaired) electrons. The zero-order chi connectivity index (χ0) is 22.8. The van der Waals surface area contributed by atoms with Crippen molar-refractivity contribution in [3.8, 4) is 0 Å². The molecule has 0 N–H and O–H groups in total. The van der Waals surface area contributed by atoms with Crippen LogP contribution in [0.4, 0.5) is 9.18 Å². The number of hydrogen-bond donors (Lipinski definition) is 0. The number of benzene rings is 1. The van der Waals surface area contributed by atoms with Crippen LogP contribution in [-0.2, 0) is 22.5 Å². The van der Waals surface area contributed by atoms with Crippen molar-refractivity contribution in [3.63, 3.8) is 0 Å². The van der Waals surface area contributed by atoms with Gasteiger partial charge in [-0.3, -0.25) is 0 Å². The summed E-state index contributed by atoms with van der Waals surface area (Å²) in [5.41, 5.74) is 1.81. The average Bonchev–Trinajstić information content (AvgIpc) is 3.04. The number of halogens is 1. The molecular formula is C24H33FN2O3S. The third-order valence-corrected chi connectivity index (χ3v) is 7.92. The number of fused-ring (bicyclic) bond motifs is 3. The van der Waals surface area contributed by atoms with Crippen LogP contribution in [-0.4, -0.2) is 43.7 Å². The molecule has 1 aromatic rings. The molecule has 2 fully saturated rings. The van der Waals surface area contributed by atoms with E-state index in [0.29, 0.717) is 6.42 Å². The maximum absolute atomic E-state index is 14.0. The molecule has 2 heterocycles. The van der Waals surface area contributed by atoms with Gasteiger partial charge >= 0.3 is 6.09 Å². The third kappa shape index (κ3) is 4.23. The quantitative estimate of drug-likeness (QED) is 0.556. The van der Waals surface area contributed by atoms with E-state index < -0.39 is 21.7 Å². The number of rotatable bonds is 1. The van der Waals surface area contributed by atoms with Gasteiger partial charge in [0.15, 0.2) is 0 Å². The highest BCUT2D eigenvalue weighted by atomic mass is 32.2. The molecule has 1 aliphatic carbocycles. The van der Waals surface area contributed by atoms with Crippen molar-refractivity contribution >= 4 is 23.2 Å². The Bertz CT molecular complexity index is 904. The van der Waals surface area contributed by atoms with Gasteiger partial charge in [-0.1, -0.05) is 4.40 Å². The zero-order valence-corrected chi connectivity index (χ0v) is 20.1. The first-order chi connectivity index (χ1) is 14.3. The van der Waals surface area contributed by atoms with Crippen LogP contribution < -0.4 is 0 Å². The number of ether oxygens (including phenoxy) is 1. The Hall–Kier alpha value is -1.60. The van der Waals surface area contributed by atoms with E-state index in [-0.39, 0.29) is 29.4 Å². The number of carbonyl (C=O) groups excluding carboxylic acids is 1. The molecule has 170 valence electrons. The van der Waals surface area contributed by atoms with Gasteiger partial charge in [0.2, 0.25) is 0 Å². The van der Waals surface area contributed by atoms with Gasteiger partial charge in [-0.05, 0) is 97.4 Å². The molecule has 1 amide bonds. The van der Waals surface area contributed by atoms with Crippen LogP contribution in [0, 0.1) is 11.2 Å². The van der Waals surface area contributed by atoms with Crippen molar-refractivity contribution in [2.45, 2.75) is 96.1 Å². The molecule has 2 aliphatic heterocycles. The molecule has 2 saturated heterocycles. The lowest BCUT2D eigenvalue weighted by atomic mass is 9.71. The minimum Gasteiger partial charge on any atom is -0.591 e. The molecule has 4 atom stereocenters. The van der Waals surface area contributed by atoms with Gasteiger partial charge in [-0.25, -0.2) is 9.18 Å². The van der Waals surface area contributed by atoms with E-state index in [4.69, 9.17) is 9.13 Å². The van der Waals surface area contributed by atoms with Crippen LogP contribution in [0.3, 0.4) is 0 Å². The molecule has 1 aromatic carbocycles. The van der Waals surface area contributed by atoms with Gasteiger partial charge in [0.05, 0.1) is 0 Å². The number of hydrogen-bond acceptors (Lipinski definition) is 4. The second-order valence-electron chi connectivity index (χ2n) is 11.2. The first kappa shape index (κ1) is 22.6. The summed E-state index contributed by atoms with van der Waals surface area (Å²) < 4.78 is 37.0. The van der Waals surface area contributed by atoms with Crippen molar-refractivity contribution in [2.75, 3.05) is 0 Å². The molecule has 0 saturated carbocycles. The molecule has 2 bridgehead atoms. The van der Waals surface area contributed by atoms with E-state index in [1.165, 1.54) is 6.07 Å². The predicted octanol–water partition coefficient (Wildman–Crippen LogP) is 5.18. The van der Waals surface area contributed by atoms with Crippen LogP contribution in [0.25, 0.3) is 0 Å². The highest BCUT2D eigenvalue weighted by Gasteiger charge is 2.56. The van der Waals surface area contributed by atoms with E-state index in [2.05, 4.69) is 0 Å². The minimum atomic E-state index is -1.41. The summed E-state index contributed by atoms with van der Waals surface area (Å²) in [5, 5.41) is 0. The van der Waals surface area contributed by atoms with E-state index in [0.717, 1.165) is 42.5 Å². The van der Waals surface area contributed by atoms with Gasteiger partial charge in [-0.15, -0.1) is 0 Å². The third-order valence-electron chi connectivity index (χ3n) is 6.53. The summed E-state index contributed by atoms with van der Waals surface area (Å²) in [7, 11) is 0. The Morgan fingerprint density at radius 1 is 1.19 bits per heavy atom. The number of amides is 1. The molecule has 1 spiro atoms. The predicted molar refractivity (Wildman–Crippen MR) is 121 cm³/mol. The van der Waals surface area contributed by atoms with Crippen LogP contribution in [0.1, 0.15) is 78.4 Å². The average molecular weight is 449 g/mol. The maximum atomic E-state index is 14.0. The molecular weight excluding hydrogens is 415 g/mol. The van der Waals surface area contributed by atoms with Crippen molar-refractivity contribution in [1.82, 2.24) is 4.90 Å². The highest BCUT2D eigenvalue weighted by molar-refractivity contribution is 7.91. The van der Waals surface area contributed by atoms with Gasteiger partial charge < -0.3 is 14.2 Å². The second kappa shape index (κ2) is 7.48. The summed E-state index contributed by atoms with van der Waals surface area (Å²) >= 11 is -1.41. The molecule has 3 aliphatic rings. The Balaban J connectivity index is 1.70. The van der Waals surface area contributed by atoms with Crippen LogP contribution in [0.15, 0.2) is 22.6 Å². The summed E-state index contributed by atoms with van der Waals surface area (Å²) in [5.74, 6) is -0.263. The van der Waals surface area contributed by atoms with Gasteiger partial charge in [0, 0.05) is 23.1 Å². The van der Waals surface area contributed by atoms with Gasteiger partial charge in [0.1, 0.15) is 33.2 Å². The number of piperidine rings is 1. The SMILES string of the molecule is CC(C)(C)OC(=O)N1[C@@H]2CC[C@H]1CC1(Cc3cc(F)ccc3/C1=N/[S@+]([O-])C(C)(C)C)C2. The van der Waals surface area contributed by atoms with Crippen LogP contribution in [0.5, 0.6) is 0 Å². The zero-order valence-electron chi connectivity index (χ0n) is 19.3. The Morgan fingerprint density at radius 3 is 2.35 bits per heavy atom. The Labute approximate surface area is 187 Å². The molecule has 7 heteroatoms. The molecule has 0 aromatic heterocycles. The van der Waals surface area contributed by atoms with E-state index in [9.17, 15) is 13.7 Å². The summed E-state index contributed by atoms with van der Waals surface area (Å²) in [6.45, 7) is 11.4. The lowest BCUT2D eigenvalue weighted by Crippen LogP contribution is -2.53. The number of carbonyl (C=O) groups is 1. The second-order valence-corrected chi connectivity index (χ2v) is 13.1. The van der Waals surface area contributed by atoms with E-state index >= 15 is 0 Å². The normalized spacial score (nSPS) is 30.1. The van der Waals surface area contributed by atoms with Gasteiger partial charge in [-0.2, -0.15) is 0 Å². The van der Waals surface area contributed by atoms with Crippen LogP contribution in [0.2, 0.25) is 0 Å². The van der Waals surface area contributed by atoms with Crippen molar-refractivity contribution < 1.29 is 18.5 Å². The van der Waals surface area contributed by atoms with E-state index in [1.807, 2.05) is 46.4 Å². The van der Waals surface area contributed by atoms with Crippen LogP contribution >= 0.6 is 0 Å². The lowest BCUT2D eigenvalue weighted by Gasteiger charge is -2.45. The summed E-state index contributed by atoms with van der Waals surface area (Å²) in [6, 6.07) is 4.93. The highest BCUT2D eigenvalue weighted by Crippen LogP contribution is 2.53.